The fourth-order valence-electron chi connectivity index (χ4n) is 1.82. The minimum absolute atomic E-state index is 0. The summed E-state index contributed by atoms with van der Waals surface area (Å²) < 4.78 is 56.3. The first-order valence-electron chi connectivity index (χ1n) is 5.72. The van der Waals surface area contributed by atoms with Gasteiger partial charge in [-0.3, -0.25) is 4.79 Å². The number of rotatable bonds is 3. The Morgan fingerprint density at radius 3 is 2.24 bits per heavy atom. The van der Waals surface area contributed by atoms with Crippen molar-refractivity contribution in [2.75, 3.05) is 7.11 Å². The summed E-state index contributed by atoms with van der Waals surface area (Å²) in [4.78, 5) is 11.6. The lowest BCUT2D eigenvalue weighted by Crippen LogP contribution is -2.38. The van der Waals surface area contributed by atoms with Gasteiger partial charge in [0.2, 0.25) is 0 Å². The lowest BCUT2D eigenvalue weighted by molar-refractivity contribution is -0.153. The van der Waals surface area contributed by atoms with Gasteiger partial charge in [0.15, 0.2) is 0 Å². The minimum atomic E-state index is -4.76. The van der Waals surface area contributed by atoms with Gasteiger partial charge in [-0.25, -0.2) is 4.39 Å². The molecule has 0 radical (unpaired) electrons. The first-order chi connectivity index (χ1) is 9.01. The third kappa shape index (κ3) is 4.07. The van der Waals surface area contributed by atoms with E-state index in [-0.39, 0.29) is 18.0 Å². The number of carbonyl (C=O) groups excluding carboxylic acids is 1. The van der Waals surface area contributed by atoms with E-state index in [1.807, 2.05) is 0 Å². The maximum atomic E-state index is 13.0. The lowest BCUT2D eigenvalue weighted by Gasteiger charge is -2.30. The van der Waals surface area contributed by atoms with Gasteiger partial charge in [0, 0.05) is 6.04 Å². The topological polar surface area (TPSA) is 52.3 Å². The summed E-state index contributed by atoms with van der Waals surface area (Å²) in [6.07, 6.45) is -4.76. The molecule has 0 spiro atoms. The van der Waals surface area contributed by atoms with Crippen LogP contribution in [0, 0.1) is 11.2 Å². The van der Waals surface area contributed by atoms with E-state index in [0.29, 0.717) is 6.07 Å². The Kier molecular flexibility index (Phi) is 6.19. The minimum Gasteiger partial charge on any atom is -0.469 e. The number of benzene rings is 1. The van der Waals surface area contributed by atoms with Crippen LogP contribution in [-0.2, 0) is 15.7 Å². The van der Waals surface area contributed by atoms with Crippen LogP contribution in [0.3, 0.4) is 0 Å². The molecule has 3 nitrogen and oxygen atoms in total. The average Bonchev–Trinajstić information content (AvgIpc) is 2.35. The third-order valence-electron chi connectivity index (χ3n) is 3.14. The van der Waals surface area contributed by atoms with Gasteiger partial charge in [0.05, 0.1) is 18.1 Å². The predicted molar refractivity (Wildman–Crippen MR) is 71.4 cm³/mol. The van der Waals surface area contributed by atoms with E-state index in [0.717, 1.165) is 19.2 Å². The van der Waals surface area contributed by atoms with Crippen LogP contribution in [0.1, 0.15) is 31.0 Å². The SMILES string of the molecule is COC(=O)C(C)(C)[C@@H](N)c1ccc(F)cc1C(F)(F)F.Cl. The van der Waals surface area contributed by atoms with Gasteiger partial charge in [0.25, 0.3) is 0 Å². The first kappa shape index (κ1) is 19.7. The highest BCUT2D eigenvalue weighted by Crippen LogP contribution is 2.40. The van der Waals surface area contributed by atoms with Gasteiger partial charge >= 0.3 is 12.1 Å². The van der Waals surface area contributed by atoms with Crippen LogP contribution in [0.5, 0.6) is 0 Å². The van der Waals surface area contributed by atoms with Crippen molar-refractivity contribution < 1.29 is 27.1 Å². The Morgan fingerprint density at radius 2 is 1.81 bits per heavy atom. The van der Waals surface area contributed by atoms with Crippen molar-refractivity contribution in [3.63, 3.8) is 0 Å². The largest absolute Gasteiger partial charge is 0.469 e. The molecule has 0 amide bonds. The van der Waals surface area contributed by atoms with Crippen LogP contribution in [0.15, 0.2) is 18.2 Å². The summed E-state index contributed by atoms with van der Waals surface area (Å²) in [6.45, 7) is 2.74. The van der Waals surface area contributed by atoms with Gasteiger partial charge in [-0.05, 0) is 31.5 Å². The quantitative estimate of drug-likeness (QED) is 0.682. The summed E-state index contributed by atoms with van der Waals surface area (Å²) in [5.74, 6) is -1.77. The Hall–Kier alpha value is -1.34. The van der Waals surface area contributed by atoms with E-state index in [1.165, 1.54) is 13.8 Å². The molecule has 1 atom stereocenters. The monoisotopic (exact) mass is 329 g/mol. The number of carbonyl (C=O) groups is 1. The van der Waals surface area contributed by atoms with Crippen LogP contribution in [-0.4, -0.2) is 13.1 Å². The maximum absolute atomic E-state index is 13.0. The second-order valence-corrected chi connectivity index (χ2v) is 4.92. The molecule has 1 rings (SSSR count). The van der Waals surface area contributed by atoms with Gasteiger partial charge in [-0.2, -0.15) is 13.2 Å². The van der Waals surface area contributed by atoms with E-state index >= 15 is 0 Å². The number of esters is 1. The average molecular weight is 330 g/mol. The molecular formula is C13H16ClF4NO2. The van der Waals surface area contributed by atoms with Gasteiger partial charge in [-0.1, -0.05) is 6.07 Å². The van der Waals surface area contributed by atoms with Crippen molar-refractivity contribution in [1.82, 2.24) is 0 Å². The molecular weight excluding hydrogens is 314 g/mol. The zero-order chi connectivity index (χ0) is 15.7. The van der Waals surface area contributed by atoms with Gasteiger partial charge in [0.1, 0.15) is 5.82 Å². The van der Waals surface area contributed by atoms with Gasteiger partial charge in [-0.15, -0.1) is 12.4 Å². The highest BCUT2D eigenvalue weighted by Gasteiger charge is 2.42. The van der Waals surface area contributed by atoms with Crippen LogP contribution in [0.2, 0.25) is 0 Å². The number of alkyl halides is 3. The number of methoxy groups -OCH3 is 1. The number of ether oxygens (including phenoxy) is 1. The Bertz CT molecular complexity index is 517. The molecule has 2 N–H and O–H groups in total. The van der Waals surface area contributed by atoms with E-state index in [9.17, 15) is 22.4 Å². The molecule has 0 aromatic heterocycles. The van der Waals surface area contributed by atoms with Crippen molar-refractivity contribution in [3.05, 3.63) is 35.1 Å². The lowest BCUT2D eigenvalue weighted by atomic mass is 9.79. The fourth-order valence-corrected chi connectivity index (χ4v) is 1.82. The number of hydrogen-bond acceptors (Lipinski definition) is 3. The summed E-state index contributed by atoms with van der Waals surface area (Å²) in [7, 11) is 1.12. The molecule has 0 unspecified atom stereocenters. The standard InChI is InChI=1S/C13H15F4NO2.ClH/c1-12(2,11(19)20-3)10(18)8-5-4-7(14)6-9(8)13(15,16)17;/h4-6,10H,18H2,1-3H3;1H/t10-;/m0./s1. The van der Waals surface area contributed by atoms with Crippen LogP contribution >= 0.6 is 12.4 Å². The molecule has 0 aliphatic carbocycles. The van der Waals surface area contributed by atoms with Crippen LogP contribution in [0.25, 0.3) is 0 Å². The Balaban J connectivity index is 0.00000400. The molecule has 1 aromatic rings. The predicted octanol–water partition coefficient (Wildman–Crippen LogP) is 3.47. The summed E-state index contributed by atoms with van der Waals surface area (Å²) >= 11 is 0. The fraction of sp³-hybridized carbons (Fsp3) is 0.462. The van der Waals surface area contributed by atoms with Crippen molar-refractivity contribution in [2.24, 2.45) is 11.1 Å². The second kappa shape index (κ2) is 6.62. The zero-order valence-corrected chi connectivity index (χ0v) is 12.4. The third-order valence-corrected chi connectivity index (χ3v) is 3.14. The molecule has 1 aromatic carbocycles. The number of hydrogen-bond donors (Lipinski definition) is 1. The maximum Gasteiger partial charge on any atom is 0.416 e. The van der Waals surface area contributed by atoms with Crippen LogP contribution < -0.4 is 5.73 Å². The van der Waals surface area contributed by atoms with Crippen molar-refractivity contribution in [1.29, 1.82) is 0 Å². The van der Waals surface area contributed by atoms with E-state index in [1.54, 1.807) is 0 Å². The van der Waals surface area contributed by atoms with Crippen molar-refractivity contribution >= 4 is 18.4 Å². The molecule has 0 aliphatic heterocycles. The summed E-state index contributed by atoms with van der Waals surface area (Å²) in [5, 5.41) is 0. The summed E-state index contributed by atoms with van der Waals surface area (Å²) in [5.41, 5.74) is 2.85. The Morgan fingerprint density at radius 1 is 1.29 bits per heavy atom. The smallest absolute Gasteiger partial charge is 0.416 e. The molecule has 0 heterocycles. The first-order valence-corrected chi connectivity index (χ1v) is 5.72. The molecule has 0 saturated heterocycles. The van der Waals surface area contributed by atoms with E-state index in [4.69, 9.17) is 5.73 Å². The molecule has 0 bridgehead atoms. The van der Waals surface area contributed by atoms with Crippen LogP contribution in [0.4, 0.5) is 17.6 Å². The second-order valence-electron chi connectivity index (χ2n) is 4.92. The molecule has 0 fully saturated rings. The number of nitrogens with two attached hydrogens (primary N) is 1. The number of halogens is 5. The zero-order valence-electron chi connectivity index (χ0n) is 11.6. The highest BCUT2D eigenvalue weighted by atomic mass is 35.5. The highest BCUT2D eigenvalue weighted by molar-refractivity contribution is 5.85. The summed E-state index contributed by atoms with van der Waals surface area (Å²) in [6, 6.07) is 0.889. The molecule has 120 valence electrons. The molecule has 0 aliphatic rings. The molecule has 8 heteroatoms. The van der Waals surface area contributed by atoms with Crippen molar-refractivity contribution in [3.8, 4) is 0 Å². The van der Waals surface area contributed by atoms with Crippen molar-refractivity contribution in [2.45, 2.75) is 26.1 Å². The van der Waals surface area contributed by atoms with E-state index in [2.05, 4.69) is 4.74 Å². The Labute approximate surface area is 125 Å². The molecule has 21 heavy (non-hydrogen) atoms. The van der Waals surface area contributed by atoms with Gasteiger partial charge < -0.3 is 10.5 Å². The molecule has 0 saturated carbocycles. The van der Waals surface area contributed by atoms with E-state index < -0.39 is 35.0 Å². The normalized spacial score (nSPS) is 13.3.